The van der Waals surface area contributed by atoms with Gasteiger partial charge in [-0.2, -0.15) is 22.2 Å². The molecule has 0 aliphatic heterocycles. The van der Waals surface area contributed by atoms with Gasteiger partial charge in [-0.3, -0.25) is 0 Å². The molecule has 0 fully saturated rings. The van der Waals surface area contributed by atoms with Gasteiger partial charge in [0.2, 0.25) is 7.42 Å². The summed E-state index contributed by atoms with van der Waals surface area (Å²) in [5, 5.41) is 0. The zero-order valence-electron chi connectivity index (χ0n) is 21.5. The molecule has 0 nitrogen and oxygen atoms in total. The lowest BCUT2D eigenvalue weighted by atomic mass is 10.0. The van der Waals surface area contributed by atoms with Crippen LogP contribution in [-0.4, -0.2) is 13.3 Å². The highest BCUT2D eigenvalue weighted by molar-refractivity contribution is 7.33. The molecule has 4 heteroatoms. The summed E-state index contributed by atoms with van der Waals surface area (Å²) >= 11 is 17.5. The Morgan fingerprint density at radius 2 is 0.469 bits per heavy atom. The molecule has 0 atom stereocenters. The lowest BCUT2D eigenvalue weighted by Gasteiger charge is -2.04. The fourth-order valence-corrected chi connectivity index (χ4v) is 6.35. The molecule has 0 saturated carbocycles. The summed E-state index contributed by atoms with van der Waals surface area (Å²) in [6.45, 7) is 0. The molecule has 0 saturated heterocycles. The highest BCUT2D eigenvalue weighted by Crippen LogP contribution is 2.16. The molecule has 0 aliphatic carbocycles. The summed E-state index contributed by atoms with van der Waals surface area (Å²) in [4.78, 5) is 0. The van der Waals surface area contributed by atoms with Gasteiger partial charge < -0.3 is 0 Å². The smallest absolute Gasteiger partial charge is 0.150 e. The van der Waals surface area contributed by atoms with Crippen LogP contribution in [0.1, 0.15) is 167 Å². The average Bonchev–Trinajstić information content (AvgIpc) is 2.78. The topological polar surface area (TPSA) is 0 Å². The normalized spacial score (nSPS) is 11.6. The second-order valence-electron chi connectivity index (χ2n) is 10.1. The van der Waals surface area contributed by atoms with Crippen LogP contribution >= 0.6 is 33.8 Å². The van der Waals surface area contributed by atoms with Crippen molar-refractivity contribution in [3.05, 3.63) is 0 Å². The first kappa shape index (κ1) is 33.1. The van der Waals surface area contributed by atoms with Crippen molar-refractivity contribution in [2.24, 2.45) is 0 Å². The van der Waals surface area contributed by atoms with Crippen molar-refractivity contribution in [1.82, 2.24) is 0 Å². The van der Waals surface area contributed by atoms with Gasteiger partial charge in [-0.25, -0.2) is 0 Å². The maximum Gasteiger partial charge on any atom is 0.237 e. The van der Waals surface area contributed by atoms with Crippen LogP contribution in [0.5, 0.6) is 0 Å². The van der Waals surface area contributed by atoms with Crippen molar-refractivity contribution < 1.29 is 0 Å². The minimum atomic E-state index is -1.33. The zero-order chi connectivity index (χ0) is 23.4. The van der Waals surface area contributed by atoms with E-state index in [0.29, 0.717) is 0 Å². The molecule has 0 aromatic heterocycles. The highest BCUT2D eigenvalue weighted by Gasteiger charge is 2.00. The minimum absolute atomic E-state index is 0.842. The monoisotopic (exact) mass is 526 g/mol. The van der Waals surface area contributed by atoms with Gasteiger partial charge in [0.15, 0.2) is 0 Å². The van der Waals surface area contributed by atoms with Crippen molar-refractivity contribution in [2.45, 2.75) is 173 Å². The molecule has 0 aliphatic rings. The largest absolute Gasteiger partial charge is 0.237 e. The van der Waals surface area contributed by atoms with Crippen molar-refractivity contribution in [3.8, 4) is 0 Å². The molecule has 0 amide bonds. The number of alkyl halides is 1. The Morgan fingerprint density at radius 3 is 0.656 bits per heavy atom. The molecule has 0 N–H and O–H groups in total. The van der Waals surface area contributed by atoms with Crippen LogP contribution < -0.4 is 0 Å². The van der Waals surface area contributed by atoms with Crippen LogP contribution in [0.15, 0.2) is 0 Å². The number of unbranched alkanes of at least 4 members (excludes halogenated alkanes) is 25. The summed E-state index contributed by atoms with van der Waals surface area (Å²) in [7, 11) is -1.33. The van der Waals surface area contributed by atoms with E-state index >= 15 is 0 Å². The molecule has 194 valence electrons. The van der Waals surface area contributed by atoms with Crippen LogP contribution in [0.3, 0.4) is 0 Å². The Kier molecular flexibility index (Phi) is 31.1. The number of rotatable bonds is 28. The Labute approximate surface area is 219 Å². The van der Waals surface area contributed by atoms with E-state index in [4.69, 9.17) is 33.8 Å². The average molecular weight is 528 g/mol. The molecule has 0 spiro atoms. The Bertz CT molecular complexity index is 326. The summed E-state index contributed by atoms with van der Waals surface area (Å²) in [5.41, 5.74) is 0. The first-order valence-corrected chi connectivity index (χ1v) is 19.5. The zero-order valence-corrected chi connectivity index (χ0v) is 24.9. The number of halogens is 3. The number of hydrogen-bond donors (Lipinski definition) is 0. The first-order valence-electron chi connectivity index (χ1n) is 14.6. The van der Waals surface area contributed by atoms with E-state index in [2.05, 4.69) is 0 Å². The molecule has 0 aromatic rings. The van der Waals surface area contributed by atoms with Crippen LogP contribution in [0.25, 0.3) is 0 Å². The quantitative estimate of drug-likeness (QED) is 0.0410. The Morgan fingerprint density at radius 1 is 0.281 bits per heavy atom. The van der Waals surface area contributed by atoms with Gasteiger partial charge in [0.25, 0.3) is 0 Å². The summed E-state index contributed by atoms with van der Waals surface area (Å²) in [6.07, 6.45) is 37.0. The number of hydrogen-bond acceptors (Lipinski definition) is 0. The van der Waals surface area contributed by atoms with E-state index in [0.717, 1.165) is 11.9 Å². The third kappa shape index (κ3) is 31.1. The second-order valence-corrected chi connectivity index (χ2v) is 15.6. The van der Waals surface area contributed by atoms with E-state index in [-0.39, 0.29) is 0 Å². The summed E-state index contributed by atoms with van der Waals surface area (Å²) in [6, 6.07) is 1.10. The molecule has 0 aromatic carbocycles. The van der Waals surface area contributed by atoms with Gasteiger partial charge in [-0.15, -0.1) is 11.6 Å². The maximum absolute atomic E-state index is 5.89. The van der Waals surface area contributed by atoms with Crippen molar-refractivity contribution >= 4 is 41.2 Å². The maximum atomic E-state index is 5.89. The van der Waals surface area contributed by atoms with Gasteiger partial charge in [-0.05, 0) is 12.5 Å². The van der Waals surface area contributed by atoms with Crippen LogP contribution in [0, 0.1) is 0 Å². The molecule has 0 bridgehead atoms. The van der Waals surface area contributed by atoms with Crippen molar-refractivity contribution in [1.29, 1.82) is 0 Å². The Hall–Kier alpha value is 1.09. The molecular formula is C28H57Cl3Si. The summed E-state index contributed by atoms with van der Waals surface area (Å²) in [5.74, 6) is 0.842. The van der Waals surface area contributed by atoms with Crippen molar-refractivity contribution in [2.75, 3.05) is 5.88 Å². The van der Waals surface area contributed by atoms with E-state index in [1.807, 2.05) is 0 Å². The van der Waals surface area contributed by atoms with Crippen LogP contribution in [0.2, 0.25) is 6.04 Å². The first-order chi connectivity index (χ1) is 15.8. The van der Waals surface area contributed by atoms with E-state index < -0.39 is 7.42 Å². The van der Waals surface area contributed by atoms with E-state index in [1.165, 1.54) is 167 Å². The third-order valence-electron chi connectivity index (χ3n) is 6.81. The van der Waals surface area contributed by atoms with Gasteiger partial charge in [-0.1, -0.05) is 161 Å². The van der Waals surface area contributed by atoms with Crippen molar-refractivity contribution in [3.63, 3.8) is 0 Å². The lowest BCUT2D eigenvalue weighted by molar-refractivity contribution is 0.516. The standard InChI is InChI=1S/C28H57Cl3Si/c29-27-25-23-21-19-17-15-13-11-9-7-5-3-1-2-4-6-8-10-12-14-16-18-20-22-24-26-28-32(30)31/h32H,1-28H2. The molecule has 32 heavy (non-hydrogen) atoms. The third-order valence-corrected chi connectivity index (χ3v) is 9.23. The minimum Gasteiger partial charge on any atom is -0.150 e. The second kappa shape index (κ2) is 30.1. The van der Waals surface area contributed by atoms with Crippen LogP contribution in [0.4, 0.5) is 0 Å². The van der Waals surface area contributed by atoms with Gasteiger partial charge >= 0.3 is 0 Å². The molecular weight excluding hydrogens is 471 g/mol. The molecule has 0 rings (SSSR count). The fourth-order valence-electron chi connectivity index (χ4n) is 4.64. The summed E-state index contributed by atoms with van der Waals surface area (Å²) < 4.78 is 0. The van der Waals surface area contributed by atoms with Gasteiger partial charge in [0, 0.05) is 5.88 Å². The predicted octanol–water partition coefficient (Wildman–Crippen LogP) is 12.1. The van der Waals surface area contributed by atoms with E-state index in [9.17, 15) is 0 Å². The molecule has 0 heterocycles. The lowest BCUT2D eigenvalue weighted by Crippen LogP contribution is -1.91. The van der Waals surface area contributed by atoms with Gasteiger partial charge in [0.1, 0.15) is 0 Å². The fraction of sp³-hybridized carbons (Fsp3) is 1.00. The van der Waals surface area contributed by atoms with E-state index in [1.54, 1.807) is 0 Å². The SMILES string of the molecule is ClCCCCCCCCCCCCCCCCCCCCCCCCCCCC[SiH](Cl)Cl. The molecule has 0 radical (unpaired) electrons. The predicted molar refractivity (Wildman–Crippen MR) is 154 cm³/mol. The molecule has 0 unspecified atom stereocenters. The Balaban J connectivity index is 3.00. The van der Waals surface area contributed by atoms with Gasteiger partial charge in [0.05, 0.1) is 0 Å². The van der Waals surface area contributed by atoms with Crippen LogP contribution in [-0.2, 0) is 0 Å². The highest BCUT2D eigenvalue weighted by atomic mass is 35.7.